The quantitative estimate of drug-likeness (QED) is 0.914. The first-order valence-corrected chi connectivity index (χ1v) is 8.37. The van der Waals surface area contributed by atoms with Gasteiger partial charge in [-0.25, -0.2) is 4.79 Å². The van der Waals surface area contributed by atoms with E-state index >= 15 is 0 Å². The van der Waals surface area contributed by atoms with Gasteiger partial charge in [-0.15, -0.1) is 11.3 Å². The molecule has 1 unspecified atom stereocenters. The molecule has 5 heteroatoms. The average molecular weight is 307 g/mol. The summed E-state index contributed by atoms with van der Waals surface area (Å²) in [7, 11) is 0. The topological polar surface area (TPSA) is 57.6 Å². The Balaban J connectivity index is 1.89. The third kappa shape index (κ3) is 2.48. The number of aryl methyl sites for hydroxylation is 2. The van der Waals surface area contributed by atoms with Crippen molar-refractivity contribution in [2.75, 3.05) is 6.54 Å². The van der Waals surface area contributed by atoms with Gasteiger partial charge >= 0.3 is 5.97 Å². The molecular weight excluding hydrogens is 286 g/mol. The molecule has 0 bridgehead atoms. The highest BCUT2D eigenvalue weighted by molar-refractivity contribution is 7.14. The van der Waals surface area contributed by atoms with Crippen LogP contribution in [0.1, 0.15) is 53.2 Å². The molecule has 1 aromatic rings. The molecule has 1 saturated heterocycles. The molecule has 1 aliphatic carbocycles. The van der Waals surface area contributed by atoms with E-state index in [4.69, 9.17) is 0 Å². The Labute approximate surface area is 128 Å². The summed E-state index contributed by atoms with van der Waals surface area (Å²) >= 11 is 1.55. The van der Waals surface area contributed by atoms with Crippen molar-refractivity contribution in [2.45, 2.75) is 52.0 Å². The SMILES string of the molecule is CC1(C)CCCN(C(=O)c2cc3c(s2)CCC3)C1C(=O)O. The Morgan fingerprint density at radius 3 is 2.76 bits per heavy atom. The Hall–Kier alpha value is -1.36. The number of aliphatic carboxylic acids is 1. The molecule has 2 heterocycles. The van der Waals surface area contributed by atoms with Gasteiger partial charge in [0, 0.05) is 11.4 Å². The molecule has 21 heavy (non-hydrogen) atoms. The molecule has 3 rings (SSSR count). The van der Waals surface area contributed by atoms with Crippen molar-refractivity contribution in [2.24, 2.45) is 5.41 Å². The fourth-order valence-electron chi connectivity index (χ4n) is 3.66. The molecule has 0 aromatic carbocycles. The number of hydrogen-bond acceptors (Lipinski definition) is 3. The first-order chi connectivity index (χ1) is 9.90. The van der Waals surface area contributed by atoms with E-state index in [0.29, 0.717) is 11.4 Å². The van der Waals surface area contributed by atoms with Crippen molar-refractivity contribution < 1.29 is 14.7 Å². The van der Waals surface area contributed by atoms with E-state index in [9.17, 15) is 14.7 Å². The number of carboxylic acids is 1. The molecule has 0 spiro atoms. The number of carbonyl (C=O) groups excluding carboxylic acids is 1. The van der Waals surface area contributed by atoms with Crippen molar-refractivity contribution >= 4 is 23.2 Å². The van der Waals surface area contributed by atoms with E-state index < -0.39 is 12.0 Å². The first kappa shape index (κ1) is 14.6. The zero-order valence-corrected chi connectivity index (χ0v) is 13.3. The molecule has 1 fully saturated rings. The predicted molar refractivity (Wildman–Crippen MR) is 81.8 cm³/mol. The molecule has 1 atom stereocenters. The van der Waals surface area contributed by atoms with Gasteiger partial charge in [-0.2, -0.15) is 0 Å². The van der Waals surface area contributed by atoms with Crippen LogP contribution in [0.4, 0.5) is 0 Å². The maximum Gasteiger partial charge on any atom is 0.326 e. The fraction of sp³-hybridized carbons (Fsp3) is 0.625. The summed E-state index contributed by atoms with van der Waals surface area (Å²) < 4.78 is 0. The number of amides is 1. The van der Waals surface area contributed by atoms with Gasteiger partial charge in [0.15, 0.2) is 0 Å². The standard InChI is InChI=1S/C16H21NO3S/c1-16(2)7-4-8-17(13(16)15(19)20)14(18)12-9-10-5-3-6-11(10)21-12/h9,13H,3-8H2,1-2H3,(H,19,20). The lowest BCUT2D eigenvalue weighted by molar-refractivity contribution is -0.148. The second kappa shape index (κ2) is 5.13. The normalized spacial score (nSPS) is 23.9. The lowest BCUT2D eigenvalue weighted by Crippen LogP contribution is -2.56. The maximum absolute atomic E-state index is 12.8. The summed E-state index contributed by atoms with van der Waals surface area (Å²) in [6.07, 6.45) is 4.99. The summed E-state index contributed by atoms with van der Waals surface area (Å²) in [5.74, 6) is -0.994. The summed E-state index contributed by atoms with van der Waals surface area (Å²) in [5, 5.41) is 9.57. The number of fused-ring (bicyclic) bond motifs is 1. The number of thiophene rings is 1. The van der Waals surface area contributed by atoms with Crippen LogP contribution in [0.5, 0.6) is 0 Å². The van der Waals surface area contributed by atoms with Crippen LogP contribution in [0.2, 0.25) is 0 Å². The highest BCUT2D eigenvalue weighted by Crippen LogP contribution is 2.38. The fourth-order valence-corrected chi connectivity index (χ4v) is 4.86. The molecule has 114 valence electrons. The van der Waals surface area contributed by atoms with Gasteiger partial charge in [0.25, 0.3) is 5.91 Å². The van der Waals surface area contributed by atoms with Crippen LogP contribution in [-0.2, 0) is 17.6 Å². The first-order valence-electron chi connectivity index (χ1n) is 7.55. The third-order valence-corrected chi connectivity index (χ3v) is 5.95. The van der Waals surface area contributed by atoms with E-state index in [0.717, 1.165) is 25.7 Å². The molecule has 2 aliphatic rings. The average Bonchev–Trinajstić information content (AvgIpc) is 2.96. The zero-order chi connectivity index (χ0) is 15.2. The van der Waals surface area contributed by atoms with Crippen molar-refractivity contribution in [3.8, 4) is 0 Å². The smallest absolute Gasteiger partial charge is 0.326 e. The van der Waals surface area contributed by atoms with Crippen molar-refractivity contribution in [1.82, 2.24) is 4.90 Å². The zero-order valence-electron chi connectivity index (χ0n) is 12.5. The van der Waals surface area contributed by atoms with Crippen LogP contribution < -0.4 is 0 Å². The Bertz CT molecular complexity index is 569. The monoisotopic (exact) mass is 307 g/mol. The van der Waals surface area contributed by atoms with E-state index in [2.05, 4.69) is 0 Å². The molecule has 0 saturated carbocycles. The van der Waals surface area contributed by atoms with Crippen LogP contribution >= 0.6 is 11.3 Å². The highest BCUT2D eigenvalue weighted by atomic mass is 32.1. The molecule has 1 N–H and O–H groups in total. The lowest BCUT2D eigenvalue weighted by Gasteiger charge is -2.43. The number of carboxylic acid groups (broad SMARTS) is 1. The van der Waals surface area contributed by atoms with E-state index in [-0.39, 0.29) is 11.3 Å². The van der Waals surface area contributed by atoms with Crippen LogP contribution in [-0.4, -0.2) is 34.5 Å². The number of likely N-dealkylation sites (tertiary alicyclic amines) is 1. The van der Waals surface area contributed by atoms with Crippen LogP contribution in [0.15, 0.2) is 6.07 Å². The third-order valence-electron chi connectivity index (χ3n) is 4.72. The predicted octanol–water partition coefficient (Wildman–Crippen LogP) is 2.95. The van der Waals surface area contributed by atoms with Gasteiger partial charge in [0.05, 0.1) is 4.88 Å². The van der Waals surface area contributed by atoms with E-state index in [1.165, 1.54) is 16.9 Å². The van der Waals surface area contributed by atoms with Gasteiger partial charge in [0.1, 0.15) is 6.04 Å². The number of rotatable bonds is 2. The Morgan fingerprint density at radius 1 is 1.33 bits per heavy atom. The second-order valence-electron chi connectivity index (χ2n) is 6.74. The van der Waals surface area contributed by atoms with E-state index in [1.807, 2.05) is 19.9 Å². The van der Waals surface area contributed by atoms with Gasteiger partial charge in [-0.3, -0.25) is 4.79 Å². The van der Waals surface area contributed by atoms with Crippen LogP contribution in [0.25, 0.3) is 0 Å². The maximum atomic E-state index is 12.8. The molecular formula is C16H21NO3S. The summed E-state index contributed by atoms with van der Waals surface area (Å²) in [6.45, 7) is 4.43. The summed E-state index contributed by atoms with van der Waals surface area (Å²) in [5.41, 5.74) is 0.909. The number of nitrogens with zero attached hydrogens (tertiary/aromatic N) is 1. The van der Waals surface area contributed by atoms with Crippen molar-refractivity contribution in [1.29, 1.82) is 0 Å². The highest BCUT2D eigenvalue weighted by Gasteiger charge is 2.45. The lowest BCUT2D eigenvalue weighted by atomic mass is 9.76. The minimum absolute atomic E-state index is 0.102. The molecule has 4 nitrogen and oxygen atoms in total. The summed E-state index contributed by atoms with van der Waals surface area (Å²) in [6, 6.07) is 1.26. The Morgan fingerprint density at radius 2 is 2.10 bits per heavy atom. The second-order valence-corrected chi connectivity index (χ2v) is 7.88. The molecule has 1 aromatic heterocycles. The number of carbonyl (C=O) groups is 2. The molecule has 1 aliphatic heterocycles. The molecule has 1 amide bonds. The van der Waals surface area contributed by atoms with Crippen LogP contribution in [0.3, 0.4) is 0 Å². The van der Waals surface area contributed by atoms with Crippen LogP contribution in [0, 0.1) is 5.41 Å². The van der Waals surface area contributed by atoms with Gasteiger partial charge in [-0.1, -0.05) is 13.8 Å². The molecule has 0 radical (unpaired) electrons. The van der Waals surface area contributed by atoms with E-state index in [1.54, 1.807) is 16.2 Å². The summed E-state index contributed by atoms with van der Waals surface area (Å²) in [4.78, 5) is 28.0. The van der Waals surface area contributed by atoms with Crippen molar-refractivity contribution in [3.05, 3.63) is 21.4 Å². The Kier molecular flexibility index (Phi) is 3.56. The van der Waals surface area contributed by atoms with Crippen molar-refractivity contribution in [3.63, 3.8) is 0 Å². The number of piperidine rings is 1. The van der Waals surface area contributed by atoms with Gasteiger partial charge in [0.2, 0.25) is 0 Å². The largest absolute Gasteiger partial charge is 0.480 e. The number of hydrogen-bond donors (Lipinski definition) is 1. The van der Waals surface area contributed by atoms with Gasteiger partial charge < -0.3 is 10.0 Å². The minimum Gasteiger partial charge on any atom is -0.480 e. The van der Waals surface area contributed by atoms with Gasteiger partial charge in [-0.05, 0) is 49.1 Å². The minimum atomic E-state index is -0.892.